The van der Waals surface area contributed by atoms with E-state index in [4.69, 9.17) is 0 Å². The van der Waals surface area contributed by atoms with Gasteiger partial charge in [0.25, 0.3) is 0 Å². The maximum absolute atomic E-state index is 11.7. The molecule has 0 bridgehead atoms. The SMILES string of the molecule is Cc1cccc2nc(CNC(=O)NCC3(O)CCC3)cn12. The number of imidazole rings is 1. The number of aromatic nitrogens is 2. The number of nitrogens with zero attached hydrogens (tertiary/aromatic N) is 2. The van der Waals surface area contributed by atoms with Gasteiger partial charge >= 0.3 is 6.03 Å². The van der Waals surface area contributed by atoms with Crippen molar-refractivity contribution in [2.45, 2.75) is 38.3 Å². The third-order valence-corrected chi connectivity index (χ3v) is 4.04. The molecule has 0 radical (unpaired) electrons. The van der Waals surface area contributed by atoms with E-state index in [1.807, 2.05) is 35.7 Å². The number of rotatable bonds is 4. The molecule has 0 spiro atoms. The van der Waals surface area contributed by atoms with Gasteiger partial charge in [0.05, 0.1) is 17.8 Å². The first kappa shape index (κ1) is 13.9. The van der Waals surface area contributed by atoms with Crippen LogP contribution in [-0.2, 0) is 6.54 Å². The van der Waals surface area contributed by atoms with Gasteiger partial charge in [-0.2, -0.15) is 0 Å². The van der Waals surface area contributed by atoms with Gasteiger partial charge in [0.1, 0.15) is 5.65 Å². The number of hydrogen-bond acceptors (Lipinski definition) is 3. The summed E-state index contributed by atoms with van der Waals surface area (Å²) in [5, 5.41) is 15.4. The van der Waals surface area contributed by atoms with Crippen LogP contribution >= 0.6 is 0 Å². The molecule has 0 atom stereocenters. The maximum Gasteiger partial charge on any atom is 0.315 e. The minimum Gasteiger partial charge on any atom is -0.388 e. The van der Waals surface area contributed by atoms with Gasteiger partial charge in [0.2, 0.25) is 0 Å². The first-order valence-corrected chi connectivity index (χ1v) is 7.23. The molecule has 2 aromatic heterocycles. The van der Waals surface area contributed by atoms with E-state index in [0.717, 1.165) is 36.3 Å². The Morgan fingerprint density at radius 1 is 1.43 bits per heavy atom. The molecule has 0 aromatic carbocycles. The molecule has 1 aliphatic carbocycles. The lowest BCUT2D eigenvalue weighted by Gasteiger charge is -2.36. The minimum absolute atomic E-state index is 0.274. The smallest absolute Gasteiger partial charge is 0.315 e. The first-order valence-electron chi connectivity index (χ1n) is 7.23. The Labute approximate surface area is 123 Å². The van der Waals surface area contributed by atoms with Gasteiger partial charge in [0, 0.05) is 18.4 Å². The molecule has 0 saturated heterocycles. The van der Waals surface area contributed by atoms with E-state index >= 15 is 0 Å². The second kappa shape index (κ2) is 5.37. The number of aliphatic hydroxyl groups is 1. The molecular formula is C15H20N4O2. The summed E-state index contributed by atoms with van der Waals surface area (Å²) < 4.78 is 1.99. The van der Waals surface area contributed by atoms with Gasteiger partial charge in [-0.15, -0.1) is 0 Å². The molecular weight excluding hydrogens is 268 g/mol. The number of urea groups is 1. The van der Waals surface area contributed by atoms with Crippen molar-refractivity contribution in [3.8, 4) is 0 Å². The topological polar surface area (TPSA) is 78.7 Å². The number of nitrogens with one attached hydrogen (secondary N) is 2. The van der Waals surface area contributed by atoms with Crippen LogP contribution in [0.5, 0.6) is 0 Å². The standard InChI is InChI=1S/C15H20N4O2/c1-11-4-2-5-13-18-12(9-19(11)13)8-16-14(20)17-10-15(21)6-3-7-15/h2,4-5,9,21H,3,6-8,10H2,1H3,(H2,16,17,20). The van der Waals surface area contributed by atoms with Crippen LogP contribution in [0.1, 0.15) is 30.7 Å². The second-order valence-corrected chi connectivity index (χ2v) is 5.74. The van der Waals surface area contributed by atoms with E-state index in [1.165, 1.54) is 0 Å². The number of fused-ring (bicyclic) bond motifs is 1. The summed E-state index contributed by atoms with van der Waals surface area (Å²) in [6.07, 6.45) is 4.47. The molecule has 6 heteroatoms. The summed E-state index contributed by atoms with van der Waals surface area (Å²) in [6, 6.07) is 5.63. The van der Waals surface area contributed by atoms with Crippen molar-refractivity contribution in [2.24, 2.45) is 0 Å². The Hall–Kier alpha value is -2.08. The van der Waals surface area contributed by atoms with Crippen LogP contribution in [-0.4, -0.2) is 32.7 Å². The molecule has 0 aliphatic heterocycles. The number of carbonyl (C=O) groups is 1. The van der Waals surface area contributed by atoms with Gasteiger partial charge < -0.3 is 20.1 Å². The van der Waals surface area contributed by atoms with Gasteiger partial charge in [-0.1, -0.05) is 6.07 Å². The van der Waals surface area contributed by atoms with Crippen LogP contribution in [0.3, 0.4) is 0 Å². The normalized spacial score (nSPS) is 16.5. The van der Waals surface area contributed by atoms with E-state index in [-0.39, 0.29) is 6.03 Å². The number of carbonyl (C=O) groups excluding carboxylic acids is 1. The van der Waals surface area contributed by atoms with Crippen molar-refractivity contribution in [1.29, 1.82) is 0 Å². The molecule has 2 amide bonds. The molecule has 3 N–H and O–H groups in total. The lowest BCUT2D eigenvalue weighted by molar-refractivity contribution is -0.0290. The zero-order valence-corrected chi connectivity index (χ0v) is 12.1. The van der Waals surface area contributed by atoms with Crippen molar-refractivity contribution in [2.75, 3.05) is 6.54 Å². The van der Waals surface area contributed by atoms with E-state index in [0.29, 0.717) is 13.1 Å². The van der Waals surface area contributed by atoms with E-state index in [9.17, 15) is 9.90 Å². The third-order valence-electron chi connectivity index (χ3n) is 4.04. The molecule has 0 unspecified atom stereocenters. The van der Waals surface area contributed by atoms with Crippen LogP contribution in [0.2, 0.25) is 0 Å². The van der Waals surface area contributed by atoms with E-state index < -0.39 is 5.60 Å². The highest BCUT2D eigenvalue weighted by atomic mass is 16.3. The molecule has 6 nitrogen and oxygen atoms in total. The zero-order chi connectivity index (χ0) is 14.9. The van der Waals surface area contributed by atoms with Gasteiger partial charge in [0.15, 0.2) is 0 Å². The molecule has 1 aliphatic rings. The number of amides is 2. The molecule has 3 rings (SSSR count). The number of pyridine rings is 1. The minimum atomic E-state index is -0.697. The van der Waals surface area contributed by atoms with Gasteiger partial charge in [-0.05, 0) is 38.3 Å². The maximum atomic E-state index is 11.7. The lowest BCUT2D eigenvalue weighted by Crippen LogP contribution is -2.49. The Morgan fingerprint density at radius 3 is 2.90 bits per heavy atom. The predicted octanol–water partition coefficient (Wildman–Crippen LogP) is 1.36. The summed E-state index contributed by atoms with van der Waals surface area (Å²) in [7, 11) is 0. The quantitative estimate of drug-likeness (QED) is 0.795. The van der Waals surface area contributed by atoms with Crippen molar-refractivity contribution in [1.82, 2.24) is 20.0 Å². The number of hydrogen-bond donors (Lipinski definition) is 3. The van der Waals surface area contributed by atoms with Gasteiger partial charge in [-0.25, -0.2) is 9.78 Å². The third kappa shape index (κ3) is 3.00. The summed E-state index contributed by atoms with van der Waals surface area (Å²) in [6.45, 7) is 2.69. The van der Waals surface area contributed by atoms with Gasteiger partial charge in [-0.3, -0.25) is 0 Å². The fraction of sp³-hybridized carbons (Fsp3) is 0.467. The highest BCUT2D eigenvalue weighted by molar-refractivity contribution is 5.73. The molecule has 2 heterocycles. The van der Waals surface area contributed by atoms with Crippen LogP contribution < -0.4 is 10.6 Å². The largest absolute Gasteiger partial charge is 0.388 e. The fourth-order valence-corrected chi connectivity index (χ4v) is 2.52. The average molecular weight is 288 g/mol. The van der Waals surface area contributed by atoms with Crippen LogP contribution in [0.15, 0.2) is 24.4 Å². The monoisotopic (exact) mass is 288 g/mol. The second-order valence-electron chi connectivity index (χ2n) is 5.74. The molecule has 21 heavy (non-hydrogen) atoms. The van der Waals surface area contributed by atoms with Crippen molar-refractivity contribution < 1.29 is 9.90 Å². The van der Waals surface area contributed by atoms with Crippen LogP contribution in [0, 0.1) is 6.92 Å². The Kier molecular flexibility index (Phi) is 3.55. The number of aryl methyl sites for hydroxylation is 1. The molecule has 112 valence electrons. The Balaban J connectivity index is 1.53. The van der Waals surface area contributed by atoms with E-state index in [2.05, 4.69) is 15.6 Å². The molecule has 1 fully saturated rings. The zero-order valence-electron chi connectivity index (χ0n) is 12.1. The van der Waals surface area contributed by atoms with Crippen molar-refractivity contribution in [3.63, 3.8) is 0 Å². The highest BCUT2D eigenvalue weighted by Gasteiger charge is 2.34. The molecule has 1 saturated carbocycles. The summed E-state index contributed by atoms with van der Waals surface area (Å²) in [5.41, 5.74) is 2.08. The first-order chi connectivity index (χ1) is 10.1. The average Bonchev–Trinajstić information content (AvgIpc) is 2.85. The summed E-state index contributed by atoms with van der Waals surface area (Å²) in [4.78, 5) is 16.2. The predicted molar refractivity (Wildman–Crippen MR) is 79.0 cm³/mol. The molecule has 2 aromatic rings. The van der Waals surface area contributed by atoms with Crippen LogP contribution in [0.25, 0.3) is 5.65 Å². The van der Waals surface area contributed by atoms with E-state index in [1.54, 1.807) is 0 Å². The van der Waals surface area contributed by atoms with Crippen LogP contribution in [0.4, 0.5) is 4.79 Å². The lowest BCUT2D eigenvalue weighted by atomic mass is 9.80. The fourth-order valence-electron chi connectivity index (χ4n) is 2.52. The summed E-state index contributed by atoms with van der Waals surface area (Å²) in [5.74, 6) is 0. The highest BCUT2D eigenvalue weighted by Crippen LogP contribution is 2.30. The Bertz CT molecular complexity index is 661. The van der Waals surface area contributed by atoms with Crippen molar-refractivity contribution >= 4 is 11.7 Å². The van der Waals surface area contributed by atoms with Crippen molar-refractivity contribution in [3.05, 3.63) is 35.8 Å². The summed E-state index contributed by atoms with van der Waals surface area (Å²) >= 11 is 0. The Morgan fingerprint density at radius 2 is 2.24 bits per heavy atom.